The standard InChI is InChI=1S/C32H36N4O/c1-32(2,3)17-16-25-10-14-27-23-35-30(33)28(29(27)22-25)15-11-24-8-12-26(13-9-24)31(37)34-18-7-21-36-19-5-4-6-20-36/h8-10,12-14,22-23H,4-7,18-21H2,1-3H3,(H2,33,35)(H,34,37). The van der Waals surface area contributed by atoms with Crippen LogP contribution in [0.2, 0.25) is 0 Å². The normalized spacial score (nSPS) is 13.8. The molecule has 1 aromatic heterocycles. The third kappa shape index (κ3) is 7.59. The maximum Gasteiger partial charge on any atom is 0.251 e. The first kappa shape index (κ1) is 26.3. The van der Waals surface area contributed by atoms with Crippen molar-refractivity contribution in [2.75, 3.05) is 31.9 Å². The van der Waals surface area contributed by atoms with E-state index in [1.54, 1.807) is 6.20 Å². The number of carbonyl (C=O) groups is 1. The third-order valence-corrected chi connectivity index (χ3v) is 6.37. The molecule has 3 N–H and O–H groups in total. The van der Waals surface area contributed by atoms with Crippen molar-refractivity contribution in [3.63, 3.8) is 0 Å². The molecular formula is C32H36N4O. The molecule has 5 heteroatoms. The molecule has 0 saturated carbocycles. The van der Waals surface area contributed by atoms with E-state index in [2.05, 4.69) is 59.7 Å². The van der Waals surface area contributed by atoms with E-state index in [0.29, 0.717) is 23.5 Å². The summed E-state index contributed by atoms with van der Waals surface area (Å²) in [4.78, 5) is 19.3. The van der Waals surface area contributed by atoms with E-state index in [9.17, 15) is 4.79 Å². The van der Waals surface area contributed by atoms with Crippen LogP contribution in [0.5, 0.6) is 0 Å². The van der Waals surface area contributed by atoms with Crippen LogP contribution in [-0.4, -0.2) is 42.0 Å². The van der Waals surface area contributed by atoms with E-state index in [1.807, 2.05) is 42.5 Å². The zero-order valence-electron chi connectivity index (χ0n) is 22.2. The molecule has 0 spiro atoms. The molecule has 1 saturated heterocycles. The Labute approximate surface area is 220 Å². The average Bonchev–Trinajstić information content (AvgIpc) is 2.89. The number of benzene rings is 2. The van der Waals surface area contributed by atoms with Gasteiger partial charge in [0, 0.05) is 45.6 Å². The Balaban J connectivity index is 1.43. The molecule has 0 aliphatic carbocycles. The van der Waals surface area contributed by atoms with Gasteiger partial charge in [0.25, 0.3) is 5.91 Å². The van der Waals surface area contributed by atoms with Gasteiger partial charge in [0.1, 0.15) is 5.82 Å². The molecule has 4 rings (SSSR count). The second-order valence-electron chi connectivity index (χ2n) is 10.7. The summed E-state index contributed by atoms with van der Waals surface area (Å²) in [5.41, 5.74) is 9.18. The maximum atomic E-state index is 12.5. The molecule has 0 bridgehead atoms. The van der Waals surface area contributed by atoms with Gasteiger partial charge < -0.3 is 16.0 Å². The maximum absolute atomic E-state index is 12.5. The summed E-state index contributed by atoms with van der Waals surface area (Å²) in [7, 11) is 0. The summed E-state index contributed by atoms with van der Waals surface area (Å²) in [5.74, 6) is 13.2. The van der Waals surface area contributed by atoms with Crippen LogP contribution in [0.4, 0.5) is 5.82 Å². The molecule has 1 aliphatic heterocycles. The largest absolute Gasteiger partial charge is 0.383 e. The molecule has 3 aromatic rings. The fourth-order valence-electron chi connectivity index (χ4n) is 4.33. The fraction of sp³-hybridized carbons (Fsp3) is 0.375. The first-order valence-corrected chi connectivity index (χ1v) is 13.1. The van der Waals surface area contributed by atoms with E-state index >= 15 is 0 Å². The smallest absolute Gasteiger partial charge is 0.251 e. The number of carbonyl (C=O) groups excluding carboxylic acids is 1. The van der Waals surface area contributed by atoms with E-state index in [4.69, 9.17) is 5.73 Å². The van der Waals surface area contributed by atoms with Gasteiger partial charge in [0.2, 0.25) is 0 Å². The molecule has 1 amide bonds. The highest BCUT2D eigenvalue weighted by molar-refractivity contribution is 5.94. The number of hydrogen-bond donors (Lipinski definition) is 2. The summed E-state index contributed by atoms with van der Waals surface area (Å²) in [6, 6.07) is 13.4. The van der Waals surface area contributed by atoms with Crippen LogP contribution in [0, 0.1) is 29.1 Å². The molecule has 2 aromatic carbocycles. The molecular weight excluding hydrogens is 456 g/mol. The predicted octanol–water partition coefficient (Wildman–Crippen LogP) is 5.22. The third-order valence-electron chi connectivity index (χ3n) is 6.37. The van der Waals surface area contributed by atoms with Crippen molar-refractivity contribution in [3.8, 4) is 23.7 Å². The van der Waals surface area contributed by atoms with Crippen LogP contribution in [0.15, 0.2) is 48.7 Å². The van der Waals surface area contributed by atoms with Crippen molar-refractivity contribution in [2.24, 2.45) is 5.41 Å². The molecule has 1 aliphatic rings. The number of piperidine rings is 1. The van der Waals surface area contributed by atoms with Crippen LogP contribution >= 0.6 is 0 Å². The molecule has 5 nitrogen and oxygen atoms in total. The van der Waals surface area contributed by atoms with Crippen molar-refractivity contribution in [2.45, 2.75) is 46.5 Å². The van der Waals surface area contributed by atoms with Crippen LogP contribution in [0.25, 0.3) is 10.8 Å². The SMILES string of the molecule is CC(C)(C)C#Cc1ccc2cnc(N)c(C#Cc3ccc(C(=O)NCCCN4CCCCC4)cc3)c2c1. The Morgan fingerprint density at radius 1 is 1.00 bits per heavy atom. The lowest BCUT2D eigenvalue weighted by Gasteiger charge is -2.26. The van der Waals surface area contributed by atoms with Gasteiger partial charge in [-0.1, -0.05) is 36.2 Å². The van der Waals surface area contributed by atoms with Crippen LogP contribution in [0.3, 0.4) is 0 Å². The topological polar surface area (TPSA) is 71.2 Å². The number of amides is 1. The van der Waals surface area contributed by atoms with Gasteiger partial charge in [-0.25, -0.2) is 4.98 Å². The molecule has 2 heterocycles. The number of hydrogen-bond acceptors (Lipinski definition) is 4. The van der Waals surface area contributed by atoms with Gasteiger partial charge in [-0.15, -0.1) is 0 Å². The Kier molecular flexibility index (Phi) is 8.49. The number of nitrogens with zero attached hydrogens (tertiary/aromatic N) is 2. The van der Waals surface area contributed by atoms with Crippen LogP contribution in [-0.2, 0) is 0 Å². The van der Waals surface area contributed by atoms with Crippen molar-refractivity contribution in [3.05, 3.63) is 70.9 Å². The lowest BCUT2D eigenvalue weighted by atomic mass is 9.97. The number of pyridine rings is 1. The van der Waals surface area contributed by atoms with Crippen molar-refractivity contribution < 1.29 is 4.79 Å². The van der Waals surface area contributed by atoms with Crippen molar-refractivity contribution in [1.29, 1.82) is 0 Å². The number of nitrogens with one attached hydrogen (secondary N) is 1. The van der Waals surface area contributed by atoms with Gasteiger partial charge in [0.15, 0.2) is 0 Å². The number of anilines is 1. The minimum absolute atomic E-state index is 0.0513. The van der Waals surface area contributed by atoms with E-state index < -0.39 is 0 Å². The first-order valence-electron chi connectivity index (χ1n) is 13.1. The van der Waals surface area contributed by atoms with Gasteiger partial charge >= 0.3 is 0 Å². The number of likely N-dealkylation sites (tertiary alicyclic amines) is 1. The Hall–Kier alpha value is -3.80. The second-order valence-corrected chi connectivity index (χ2v) is 10.7. The summed E-state index contributed by atoms with van der Waals surface area (Å²) >= 11 is 0. The lowest BCUT2D eigenvalue weighted by Crippen LogP contribution is -2.33. The van der Waals surface area contributed by atoms with Gasteiger partial charge in [-0.3, -0.25) is 4.79 Å². The molecule has 37 heavy (non-hydrogen) atoms. The lowest BCUT2D eigenvalue weighted by molar-refractivity contribution is 0.0951. The quantitative estimate of drug-likeness (QED) is 0.378. The van der Waals surface area contributed by atoms with Gasteiger partial charge in [-0.2, -0.15) is 0 Å². The number of rotatable bonds is 5. The summed E-state index contributed by atoms with van der Waals surface area (Å²) < 4.78 is 0. The minimum atomic E-state index is -0.0784. The Bertz CT molecular complexity index is 1370. The minimum Gasteiger partial charge on any atom is -0.383 e. The van der Waals surface area contributed by atoms with Gasteiger partial charge in [0.05, 0.1) is 5.56 Å². The molecule has 1 fully saturated rings. The van der Waals surface area contributed by atoms with E-state index in [0.717, 1.165) is 34.9 Å². The number of aromatic nitrogens is 1. The Morgan fingerprint density at radius 3 is 2.46 bits per heavy atom. The first-order chi connectivity index (χ1) is 17.8. The summed E-state index contributed by atoms with van der Waals surface area (Å²) in [5, 5.41) is 4.93. The zero-order valence-corrected chi connectivity index (χ0v) is 22.2. The fourth-order valence-corrected chi connectivity index (χ4v) is 4.33. The monoisotopic (exact) mass is 492 g/mol. The van der Waals surface area contributed by atoms with Crippen LogP contribution in [0.1, 0.15) is 73.5 Å². The molecule has 0 radical (unpaired) electrons. The average molecular weight is 493 g/mol. The van der Waals surface area contributed by atoms with E-state index in [-0.39, 0.29) is 11.3 Å². The number of nitrogen functional groups attached to an aromatic ring is 1. The summed E-state index contributed by atoms with van der Waals surface area (Å²) in [6.07, 6.45) is 6.65. The highest BCUT2D eigenvalue weighted by atomic mass is 16.1. The van der Waals surface area contributed by atoms with Crippen molar-refractivity contribution in [1.82, 2.24) is 15.2 Å². The highest BCUT2D eigenvalue weighted by Gasteiger charge is 2.10. The second kappa shape index (κ2) is 12.0. The molecule has 0 atom stereocenters. The number of nitrogens with two attached hydrogens (primary N) is 1. The van der Waals surface area contributed by atoms with Gasteiger partial charge in [-0.05, 0) is 96.1 Å². The molecule has 190 valence electrons. The van der Waals surface area contributed by atoms with Crippen molar-refractivity contribution >= 4 is 22.5 Å². The number of fused-ring (bicyclic) bond motifs is 1. The zero-order chi connectivity index (χ0) is 26.3. The predicted molar refractivity (Wildman–Crippen MR) is 152 cm³/mol. The Morgan fingerprint density at radius 2 is 1.73 bits per heavy atom. The summed E-state index contributed by atoms with van der Waals surface area (Å²) in [6.45, 7) is 10.4. The van der Waals surface area contributed by atoms with E-state index in [1.165, 1.54) is 32.4 Å². The molecule has 0 unspecified atom stereocenters. The highest BCUT2D eigenvalue weighted by Crippen LogP contribution is 2.23. The van der Waals surface area contributed by atoms with Crippen LogP contribution < -0.4 is 11.1 Å².